The molecule has 0 fully saturated rings. The van der Waals surface area contributed by atoms with Crippen LogP contribution in [-0.4, -0.2) is 30.0 Å². The van der Waals surface area contributed by atoms with Crippen molar-refractivity contribution in [3.8, 4) is 11.5 Å². The molecule has 0 spiro atoms. The molecule has 6 nitrogen and oxygen atoms in total. The third-order valence-electron chi connectivity index (χ3n) is 3.92. The van der Waals surface area contributed by atoms with Gasteiger partial charge in [0.2, 0.25) is 5.91 Å². The summed E-state index contributed by atoms with van der Waals surface area (Å²) in [6.07, 6.45) is 0.257. The number of thioether (sulfide) groups is 1. The van der Waals surface area contributed by atoms with Gasteiger partial charge in [-0.2, -0.15) is 5.10 Å². The van der Waals surface area contributed by atoms with Crippen molar-refractivity contribution in [2.45, 2.75) is 18.2 Å². The third kappa shape index (κ3) is 4.11. The Balaban J connectivity index is 1.64. The van der Waals surface area contributed by atoms with E-state index in [-0.39, 0.29) is 12.3 Å². The molecule has 3 rings (SSSR count). The smallest absolute Gasteiger partial charge is 0.227 e. The predicted octanol–water partition coefficient (Wildman–Crippen LogP) is 3.45. The molecule has 1 amide bonds. The lowest BCUT2D eigenvalue weighted by molar-refractivity contribution is -0.116. The number of nitrogens with zero attached hydrogens (tertiary/aromatic N) is 1. The summed E-state index contributed by atoms with van der Waals surface area (Å²) in [6, 6.07) is 15.2. The maximum Gasteiger partial charge on any atom is 0.227 e. The van der Waals surface area contributed by atoms with E-state index in [1.54, 1.807) is 44.2 Å². The second-order valence-corrected chi connectivity index (χ2v) is 7.51. The Morgan fingerprint density at radius 1 is 1.19 bits per heavy atom. The standard InChI is InChI=1S/C19H21N3O3S/c1-19(22-21-18(26-19)13-7-5-4-6-8-13)12-17(23)20-15-10-9-14(24-2)11-16(15)25-3/h4-11,22H,12H2,1-3H3,(H,20,23). The molecular weight excluding hydrogens is 350 g/mol. The zero-order valence-corrected chi connectivity index (χ0v) is 15.7. The molecule has 0 saturated carbocycles. The van der Waals surface area contributed by atoms with Crippen LogP contribution in [0.5, 0.6) is 11.5 Å². The normalized spacial score (nSPS) is 18.7. The molecule has 0 aliphatic carbocycles. The molecule has 1 heterocycles. The Labute approximate surface area is 157 Å². The molecule has 0 saturated heterocycles. The fourth-order valence-electron chi connectivity index (χ4n) is 2.61. The van der Waals surface area contributed by atoms with Crippen LogP contribution in [0.25, 0.3) is 0 Å². The van der Waals surface area contributed by atoms with Gasteiger partial charge in [0, 0.05) is 11.6 Å². The van der Waals surface area contributed by atoms with E-state index in [1.165, 1.54) is 0 Å². The number of hydrogen-bond acceptors (Lipinski definition) is 6. The minimum atomic E-state index is -0.505. The minimum Gasteiger partial charge on any atom is -0.497 e. The Hall–Kier alpha value is -2.67. The van der Waals surface area contributed by atoms with Crippen molar-refractivity contribution in [2.75, 3.05) is 19.5 Å². The minimum absolute atomic E-state index is 0.125. The fraction of sp³-hybridized carbons (Fsp3) is 0.263. The summed E-state index contributed by atoms with van der Waals surface area (Å²) in [5, 5.41) is 8.16. The van der Waals surface area contributed by atoms with Crippen LogP contribution in [0.4, 0.5) is 5.69 Å². The van der Waals surface area contributed by atoms with E-state index in [1.807, 2.05) is 37.3 Å². The summed E-state index contributed by atoms with van der Waals surface area (Å²) in [6.45, 7) is 1.96. The summed E-state index contributed by atoms with van der Waals surface area (Å²) >= 11 is 1.55. The molecule has 2 aromatic rings. The highest BCUT2D eigenvalue weighted by molar-refractivity contribution is 8.15. The number of hydrazone groups is 1. The summed E-state index contributed by atoms with van der Waals surface area (Å²) in [4.78, 5) is 12.0. The van der Waals surface area contributed by atoms with Crippen molar-refractivity contribution in [2.24, 2.45) is 5.10 Å². The lowest BCUT2D eigenvalue weighted by Crippen LogP contribution is -2.36. The third-order valence-corrected chi connectivity index (χ3v) is 5.12. The van der Waals surface area contributed by atoms with E-state index < -0.39 is 4.87 Å². The van der Waals surface area contributed by atoms with Crippen LogP contribution in [0.1, 0.15) is 18.9 Å². The van der Waals surface area contributed by atoms with Gasteiger partial charge in [-0.15, -0.1) is 0 Å². The Kier molecular flexibility index (Phi) is 5.37. The summed E-state index contributed by atoms with van der Waals surface area (Å²) in [7, 11) is 3.14. The number of carbonyl (C=O) groups is 1. The first-order valence-electron chi connectivity index (χ1n) is 8.14. The summed E-state index contributed by atoms with van der Waals surface area (Å²) < 4.78 is 10.5. The van der Waals surface area contributed by atoms with Crippen LogP contribution in [0, 0.1) is 0 Å². The number of carbonyl (C=O) groups excluding carboxylic acids is 1. The number of anilines is 1. The van der Waals surface area contributed by atoms with Crippen LogP contribution in [0.3, 0.4) is 0 Å². The molecule has 0 aromatic heterocycles. The second-order valence-electron chi connectivity index (χ2n) is 6.02. The first kappa shape index (κ1) is 18.1. The van der Waals surface area contributed by atoms with Crippen molar-refractivity contribution in [3.05, 3.63) is 54.1 Å². The average Bonchev–Trinajstić information content (AvgIpc) is 3.04. The van der Waals surface area contributed by atoms with Gasteiger partial charge in [-0.3, -0.25) is 10.2 Å². The highest BCUT2D eigenvalue weighted by Gasteiger charge is 2.35. The number of rotatable bonds is 6. The van der Waals surface area contributed by atoms with Crippen LogP contribution in [0.15, 0.2) is 53.6 Å². The van der Waals surface area contributed by atoms with Gasteiger partial charge in [0.1, 0.15) is 21.4 Å². The topological polar surface area (TPSA) is 72.0 Å². The van der Waals surface area contributed by atoms with E-state index >= 15 is 0 Å². The van der Waals surface area contributed by atoms with Crippen LogP contribution in [-0.2, 0) is 4.79 Å². The van der Waals surface area contributed by atoms with Crippen molar-refractivity contribution in [1.29, 1.82) is 0 Å². The highest BCUT2D eigenvalue weighted by Crippen LogP contribution is 2.35. The van der Waals surface area contributed by atoms with Crippen molar-refractivity contribution in [1.82, 2.24) is 5.43 Å². The van der Waals surface area contributed by atoms with E-state index in [4.69, 9.17) is 9.47 Å². The Bertz CT molecular complexity index is 826. The largest absolute Gasteiger partial charge is 0.497 e. The number of hydrogen-bond donors (Lipinski definition) is 2. The van der Waals surface area contributed by atoms with E-state index in [2.05, 4.69) is 15.8 Å². The molecule has 0 radical (unpaired) electrons. The first-order valence-corrected chi connectivity index (χ1v) is 8.96. The highest BCUT2D eigenvalue weighted by atomic mass is 32.2. The van der Waals surface area contributed by atoms with Crippen LogP contribution in [0.2, 0.25) is 0 Å². The van der Waals surface area contributed by atoms with Gasteiger partial charge >= 0.3 is 0 Å². The molecular formula is C19H21N3O3S. The number of methoxy groups -OCH3 is 2. The number of ether oxygens (including phenoxy) is 2. The average molecular weight is 371 g/mol. The molecule has 136 valence electrons. The molecule has 26 heavy (non-hydrogen) atoms. The summed E-state index contributed by atoms with van der Waals surface area (Å²) in [5.74, 6) is 1.09. The molecule has 7 heteroatoms. The lowest BCUT2D eigenvalue weighted by Gasteiger charge is -2.22. The molecule has 0 bridgehead atoms. The van der Waals surface area contributed by atoms with Crippen molar-refractivity contribution >= 4 is 28.4 Å². The quantitative estimate of drug-likeness (QED) is 0.814. The van der Waals surface area contributed by atoms with Gasteiger partial charge in [-0.25, -0.2) is 0 Å². The van der Waals surface area contributed by atoms with Crippen molar-refractivity contribution < 1.29 is 14.3 Å². The SMILES string of the molecule is COc1ccc(NC(=O)CC2(C)NN=C(c3ccccc3)S2)c(OC)c1. The van der Waals surface area contributed by atoms with Gasteiger partial charge in [0.25, 0.3) is 0 Å². The maximum atomic E-state index is 12.5. The van der Waals surface area contributed by atoms with Gasteiger partial charge in [-0.05, 0) is 19.1 Å². The van der Waals surface area contributed by atoms with Gasteiger partial charge in [0.05, 0.1) is 26.3 Å². The molecule has 1 aliphatic rings. The zero-order valence-electron chi connectivity index (χ0n) is 14.9. The van der Waals surface area contributed by atoms with E-state index in [9.17, 15) is 4.79 Å². The molecule has 1 aliphatic heterocycles. The monoisotopic (exact) mass is 371 g/mol. The first-order chi connectivity index (χ1) is 12.5. The molecule has 2 N–H and O–H groups in total. The second kappa shape index (κ2) is 7.70. The molecule has 2 aromatic carbocycles. The van der Waals surface area contributed by atoms with Gasteiger partial charge < -0.3 is 14.8 Å². The number of nitrogens with one attached hydrogen (secondary N) is 2. The van der Waals surface area contributed by atoms with E-state index in [0.29, 0.717) is 17.2 Å². The lowest BCUT2D eigenvalue weighted by atomic mass is 10.2. The molecule has 1 atom stereocenters. The number of benzene rings is 2. The zero-order chi connectivity index (χ0) is 18.6. The van der Waals surface area contributed by atoms with E-state index in [0.717, 1.165) is 10.6 Å². The van der Waals surface area contributed by atoms with Crippen LogP contribution >= 0.6 is 11.8 Å². The predicted molar refractivity (Wildman–Crippen MR) is 105 cm³/mol. The Morgan fingerprint density at radius 3 is 2.65 bits per heavy atom. The van der Waals surface area contributed by atoms with Gasteiger partial charge in [0.15, 0.2) is 0 Å². The maximum absolute atomic E-state index is 12.5. The van der Waals surface area contributed by atoms with Crippen LogP contribution < -0.4 is 20.2 Å². The number of amides is 1. The molecule has 1 unspecified atom stereocenters. The fourth-order valence-corrected chi connectivity index (χ4v) is 3.68. The van der Waals surface area contributed by atoms with Crippen molar-refractivity contribution in [3.63, 3.8) is 0 Å². The van der Waals surface area contributed by atoms with Gasteiger partial charge in [-0.1, -0.05) is 42.1 Å². The Morgan fingerprint density at radius 2 is 1.96 bits per heavy atom. The summed E-state index contributed by atoms with van der Waals surface area (Å²) in [5.41, 5.74) is 4.72.